The summed E-state index contributed by atoms with van der Waals surface area (Å²) >= 11 is 6.00. The van der Waals surface area contributed by atoms with E-state index in [2.05, 4.69) is 21.3 Å². The molecule has 2 aliphatic heterocycles. The van der Waals surface area contributed by atoms with E-state index in [-0.39, 0.29) is 0 Å². The Balaban J connectivity index is 1.76. The van der Waals surface area contributed by atoms with Crippen molar-refractivity contribution in [3.63, 3.8) is 0 Å². The van der Waals surface area contributed by atoms with Gasteiger partial charge in [0.2, 0.25) is 0 Å². The maximum absolute atomic E-state index is 6.00. The third-order valence-electron chi connectivity index (χ3n) is 3.98. The molecule has 0 radical (unpaired) electrons. The van der Waals surface area contributed by atoms with E-state index in [4.69, 9.17) is 16.6 Å². The van der Waals surface area contributed by atoms with Crippen molar-refractivity contribution >= 4 is 23.1 Å². The first kappa shape index (κ1) is 12.0. The predicted octanol–water partition coefficient (Wildman–Crippen LogP) is 3.19. The van der Waals surface area contributed by atoms with E-state index in [1.165, 1.54) is 18.5 Å². The molecule has 20 heavy (non-hydrogen) atoms. The number of fused-ring (bicyclic) bond motifs is 4. The van der Waals surface area contributed by atoms with Crippen molar-refractivity contribution in [2.45, 2.75) is 18.9 Å². The van der Waals surface area contributed by atoms with Crippen LogP contribution in [0.5, 0.6) is 0 Å². The Morgan fingerprint density at radius 3 is 3.15 bits per heavy atom. The number of anilines is 2. The summed E-state index contributed by atoms with van der Waals surface area (Å²) in [5, 5.41) is 4.18. The predicted molar refractivity (Wildman–Crippen MR) is 81.3 cm³/mol. The Morgan fingerprint density at radius 2 is 2.25 bits per heavy atom. The maximum atomic E-state index is 6.00. The molecule has 4 heterocycles. The van der Waals surface area contributed by atoms with Gasteiger partial charge in [-0.25, -0.2) is 4.98 Å². The molecule has 0 aromatic carbocycles. The number of nitrogens with one attached hydrogen (secondary N) is 1. The van der Waals surface area contributed by atoms with E-state index in [1.807, 2.05) is 12.1 Å². The molecule has 0 unspecified atom stereocenters. The molecule has 0 spiro atoms. The number of pyridine rings is 2. The average molecular weight is 287 g/mol. The Hall–Kier alpha value is -1.81. The van der Waals surface area contributed by atoms with Crippen LogP contribution in [0.1, 0.15) is 12.8 Å². The monoisotopic (exact) mass is 286 g/mol. The normalized spacial score (nSPS) is 20.2. The van der Waals surface area contributed by atoms with Crippen LogP contribution in [-0.2, 0) is 0 Å². The van der Waals surface area contributed by atoms with Crippen LogP contribution in [0.4, 0.5) is 11.5 Å². The van der Waals surface area contributed by atoms with Gasteiger partial charge in [-0.3, -0.25) is 4.98 Å². The van der Waals surface area contributed by atoms with Gasteiger partial charge >= 0.3 is 0 Å². The van der Waals surface area contributed by atoms with Gasteiger partial charge in [0.05, 0.1) is 16.4 Å². The first-order chi connectivity index (χ1) is 9.79. The SMILES string of the molecule is Clc1cncc(-c2ccc3c(n2)N[C@H]2CCCN3C2)c1. The number of hydrogen-bond acceptors (Lipinski definition) is 4. The highest BCUT2D eigenvalue weighted by Crippen LogP contribution is 2.35. The first-order valence-electron chi connectivity index (χ1n) is 6.93. The zero-order chi connectivity index (χ0) is 13.5. The summed E-state index contributed by atoms with van der Waals surface area (Å²) in [6, 6.07) is 6.61. The topological polar surface area (TPSA) is 41.1 Å². The smallest absolute Gasteiger partial charge is 0.150 e. The lowest BCUT2D eigenvalue weighted by atomic mass is 10.0. The van der Waals surface area contributed by atoms with Gasteiger partial charge in [0.1, 0.15) is 0 Å². The highest BCUT2D eigenvalue weighted by molar-refractivity contribution is 6.30. The second-order valence-corrected chi connectivity index (χ2v) is 5.82. The Bertz CT molecular complexity index is 658. The molecule has 1 fully saturated rings. The van der Waals surface area contributed by atoms with Gasteiger partial charge in [-0.05, 0) is 31.0 Å². The summed E-state index contributed by atoms with van der Waals surface area (Å²) in [6.07, 6.45) is 5.90. The summed E-state index contributed by atoms with van der Waals surface area (Å²) in [7, 11) is 0. The fourth-order valence-electron chi connectivity index (χ4n) is 3.03. The number of hydrogen-bond donors (Lipinski definition) is 1. The fraction of sp³-hybridized carbons (Fsp3) is 0.333. The second-order valence-electron chi connectivity index (χ2n) is 5.39. The quantitative estimate of drug-likeness (QED) is 0.874. The van der Waals surface area contributed by atoms with Crippen molar-refractivity contribution in [2.24, 2.45) is 0 Å². The summed E-state index contributed by atoms with van der Waals surface area (Å²) in [4.78, 5) is 11.3. The van der Waals surface area contributed by atoms with Gasteiger partial charge in [-0.2, -0.15) is 0 Å². The van der Waals surface area contributed by atoms with Gasteiger partial charge in [0.15, 0.2) is 5.82 Å². The van der Waals surface area contributed by atoms with Crippen LogP contribution in [0.2, 0.25) is 5.02 Å². The highest BCUT2D eigenvalue weighted by Gasteiger charge is 2.28. The van der Waals surface area contributed by atoms with Gasteiger partial charge < -0.3 is 10.2 Å². The van der Waals surface area contributed by atoms with Gasteiger partial charge in [-0.1, -0.05) is 11.6 Å². The number of rotatable bonds is 1. The molecule has 0 aliphatic carbocycles. The Morgan fingerprint density at radius 1 is 1.30 bits per heavy atom. The standard InChI is InChI=1S/C15H15ClN4/c16-11-6-10(7-17-8-11)13-3-4-14-15(19-13)18-12-2-1-5-20(14)9-12/h3-4,6-8,12H,1-2,5,9H2,(H,18,19)/t12-/m0/s1. The van der Waals surface area contributed by atoms with Crippen LogP contribution < -0.4 is 10.2 Å². The Labute approximate surface area is 122 Å². The molecule has 2 aromatic heterocycles. The molecule has 5 heteroatoms. The molecule has 2 aliphatic rings. The van der Waals surface area contributed by atoms with Crippen molar-refractivity contribution in [3.8, 4) is 11.3 Å². The number of halogens is 1. The summed E-state index contributed by atoms with van der Waals surface area (Å²) in [5.74, 6) is 0.985. The molecule has 0 saturated carbocycles. The molecular formula is C15H15ClN4. The molecule has 0 amide bonds. The lowest BCUT2D eigenvalue weighted by Crippen LogP contribution is -2.46. The van der Waals surface area contributed by atoms with E-state index in [9.17, 15) is 0 Å². The van der Waals surface area contributed by atoms with Crippen LogP contribution in [0.15, 0.2) is 30.6 Å². The van der Waals surface area contributed by atoms with E-state index in [0.717, 1.165) is 30.2 Å². The minimum absolute atomic E-state index is 0.525. The molecule has 1 atom stereocenters. The zero-order valence-electron chi connectivity index (χ0n) is 11.0. The average Bonchev–Trinajstić information content (AvgIpc) is 2.47. The highest BCUT2D eigenvalue weighted by atomic mass is 35.5. The molecule has 4 rings (SSSR count). The summed E-state index contributed by atoms with van der Waals surface area (Å²) < 4.78 is 0. The lowest BCUT2D eigenvalue weighted by Gasteiger charge is -2.40. The van der Waals surface area contributed by atoms with Gasteiger partial charge in [-0.15, -0.1) is 0 Å². The minimum Gasteiger partial charge on any atom is -0.366 e. The number of piperidine rings is 1. The Kier molecular flexibility index (Phi) is 2.77. The van der Waals surface area contributed by atoms with Crippen LogP contribution in [0.25, 0.3) is 11.3 Å². The third kappa shape index (κ3) is 2.00. The van der Waals surface area contributed by atoms with Crippen molar-refractivity contribution in [3.05, 3.63) is 35.6 Å². The zero-order valence-corrected chi connectivity index (χ0v) is 11.8. The van der Waals surface area contributed by atoms with Crippen molar-refractivity contribution in [2.75, 3.05) is 23.3 Å². The fourth-order valence-corrected chi connectivity index (χ4v) is 3.21. The largest absolute Gasteiger partial charge is 0.366 e. The van der Waals surface area contributed by atoms with Gasteiger partial charge in [0.25, 0.3) is 0 Å². The van der Waals surface area contributed by atoms with Crippen LogP contribution in [0.3, 0.4) is 0 Å². The van der Waals surface area contributed by atoms with Gasteiger partial charge in [0, 0.05) is 37.1 Å². The van der Waals surface area contributed by atoms with Crippen molar-refractivity contribution in [1.29, 1.82) is 0 Å². The molecular weight excluding hydrogens is 272 g/mol. The summed E-state index contributed by atoms with van der Waals surface area (Å²) in [5.41, 5.74) is 3.07. The van der Waals surface area contributed by atoms with Crippen LogP contribution >= 0.6 is 11.6 Å². The second kappa shape index (κ2) is 4.63. The maximum Gasteiger partial charge on any atom is 0.150 e. The third-order valence-corrected chi connectivity index (χ3v) is 4.18. The number of aromatic nitrogens is 2. The van der Waals surface area contributed by atoms with Crippen molar-refractivity contribution in [1.82, 2.24) is 9.97 Å². The molecule has 1 N–H and O–H groups in total. The van der Waals surface area contributed by atoms with Crippen molar-refractivity contribution < 1.29 is 0 Å². The van der Waals surface area contributed by atoms with E-state index in [1.54, 1.807) is 12.4 Å². The molecule has 1 saturated heterocycles. The molecule has 2 bridgehead atoms. The first-order valence-corrected chi connectivity index (χ1v) is 7.31. The van der Waals surface area contributed by atoms with Crippen LogP contribution in [-0.4, -0.2) is 29.1 Å². The molecule has 102 valence electrons. The number of nitrogens with zero attached hydrogens (tertiary/aromatic N) is 3. The molecule has 2 aromatic rings. The molecule has 4 nitrogen and oxygen atoms in total. The van der Waals surface area contributed by atoms with Crippen LogP contribution in [0, 0.1) is 0 Å². The van der Waals surface area contributed by atoms with E-state index >= 15 is 0 Å². The minimum atomic E-state index is 0.525. The summed E-state index contributed by atoms with van der Waals surface area (Å²) in [6.45, 7) is 2.22. The lowest BCUT2D eigenvalue weighted by molar-refractivity contribution is 0.516. The van der Waals surface area contributed by atoms with E-state index in [0.29, 0.717) is 11.1 Å². The van der Waals surface area contributed by atoms with E-state index < -0.39 is 0 Å².